The maximum absolute atomic E-state index is 10.6. The third-order valence-corrected chi connectivity index (χ3v) is 2.04. The third-order valence-electron chi connectivity index (χ3n) is 1.61. The number of ether oxygens (including phenoxy) is 1. The number of para-hydroxylation sites is 2. The molecule has 0 aliphatic rings. The minimum Gasteiger partial charge on any atom is -0.438 e. The van der Waals surface area contributed by atoms with Crippen LogP contribution in [-0.2, 0) is 0 Å². The molecule has 1 aromatic rings. The van der Waals surface area contributed by atoms with Crippen molar-refractivity contribution < 1.29 is 9.66 Å². The van der Waals surface area contributed by atoms with Crippen LogP contribution in [0, 0.1) is 10.1 Å². The number of nitrogens with zero attached hydrogens (tertiary/aromatic N) is 1. The summed E-state index contributed by atoms with van der Waals surface area (Å²) in [7, 11) is 0. The number of nitro benzene ring substituents is 1. The molecule has 1 rings (SSSR count). The highest BCUT2D eigenvalue weighted by atomic mass is 32.1. The van der Waals surface area contributed by atoms with Crippen molar-refractivity contribution in [2.24, 2.45) is 0 Å². The molecule has 4 nitrogen and oxygen atoms in total. The average Bonchev–Trinajstić information content (AvgIpc) is 2.18. The first kappa shape index (κ1) is 11.3. The van der Waals surface area contributed by atoms with E-state index < -0.39 is 4.92 Å². The van der Waals surface area contributed by atoms with Crippen LogP contribution in [0.4, 0.5) is 5.69 Å². The van der Waals surface area contributed by atoms with Gasteiger partial charge in [-0.15, -0.1) is 0 Å². The minimum absolute atomic E-state index is 0.110. The molecule has 0 aliphatic heterocycles. The van der Waals surface area contributed by atoms with Crippen LogP contribution in [0.5, 0.6) is 5.75 Å². The van der Waals surface area contributed by atoms with E-state index in [0.717, 1.165) is 0 Å². The summed E-state index contributed by atoms with van der Waals surface area (Å²) in [6.45, 7) is 5.27. The fraction of sp³-hybridized carbons (Fsp3) is 0.100. The van der Waals surface area contributed by atoms with Crippen molar-refractivity contribution in [2.45, 2.75) is 6.92 Å². The van der Waals surface area contributed by atoms with Crippen LogP contribution in [0.15, 0.2) is 36.4 Å². The van der Waals surface area contributed by atoms with E-state index in [1.165, 1.54) is 12.1 Å². The molecule has 5 heteroatoms. The van der Waals surface area contributed by atoms with Crippen LogP contribution in [0.2, 0.25) is 0 Å². The monoisotopic (exact) mass is 223 g/mol. The maximum atomic E-state index is 10.6. The van der Waals surface area contributed by atoms with Gasteiger partial charge in [0, 0.05) is 6.07 Å². The van der Waals surface area contributed by atoms with Crippen LogP contribution < -0.4 is 4.74 Å². The maximum Gasteiger partial charge on any atom is 0.311 e. The van der Waals surface area contributed by atoms with Gasteiger partial charge in [0.15, 0.2) is 5.05 Å². The molecule has 0 spiro atoms. The second-order valence-corrected chi connectivity index (χ2v) is 3.27. The summed E-state index contributed by atoms with van der Waals surface area (Å²) in [5, 5.41) is 10.8. The Morgan fingerprint density at radius 3 is 2.67 bits per heavy atom. The molecule has 0 radical (unpaired) electrons. The summed E-state index contributed by atoms with van der Waals surface area (Å²) >= 11 is 4.86. The van der Waals surface area contributed by atoms with Crippen molar-refractivity contribution in [3.63, 3.8) is 0 Å². The molecule has 0 heterocycles. The predicted octanol–water partition coefficient (Wildman–Crippen LogP) is 2.88. The average molecular weight is 223 g/mol. The number of hydrogen-bond donors (Lipinski definition) is 0. The van der Waals surface area contributed by atoms with Crippen molar-refractivity contribution in [2.75, 3.05) is 0 Å². The van der Waals surface area contributed by atoms with E-state index in [1.807, 2.05) is 0 Å². The molecule has 0 fully saturated rings. The molecule has 0 bridgehead atoms. The van der Waals surface area contributed by atoms with E-state index in [9.17, 15) is 10.1 Å². The van der Waals surface area contributed by atoms with Crippen molar-refractivity contribution in [3.05, 3.63) is 46.5 Å². The Morgan fingerprint density at radius 1 is 1.53 bits per heavy atom. The lowest BCUT2D eigenvalue weighted by Crippen LogP contribution is -2.07. The van der Waals surface area contributed by atoms with E-state index in [-0.39, 0.29) is 16.5 Å². The van der Waals surface area contributed by atoms with Gasteiger partial charge in [0.05, 0.1) is 4.92 Å². The number of hydrogen-bond acceptors (Lipinski definition) is 4. The quantitative estimate of drug-likeness (QED) is 0.342. The SMILES string of the molecule is C=C(C)C(=S)Oc1ccccc1[N+](=O)[O-]. The molecule has 78 valence electrons. The van der Waals surface area contributed by atoms with Crippen LogP contribution in [-0.4, -0.2) is 9.97 Å². The van der Waals surface area contributed by atoms with Crippen LogP contribution in [0.1, 0.15) is 6.92 Å². The number of thiocarbonyl (C=S) groups is 1. The van der Waals surface area contributed by atoms with Gasteiger partial charge in [-0.25, -0.2) is 0 Å². The Balaban J connectivity index is 2.99. The summed E-state index contributed by atoms with van der Waals surface area (Å²) in [6.07, 6.45) is 0. The summed E-state index contributed by atoms with van der Waals surface area (Å²) in [5.74, 6) is 0.135. The molecule has 0 unspecified atom stereocenters. The molecular formula is C10H9NO3S. The van der Waals surface area contributed by atoms with Gasteiger partial charge < -0.3 is 4.74 Å². The number of rotatable bonds is 3. The van der Waals surface area contributed by atoms with Gasteiger partial charge in [0.2, 0.25) is 5.75 Å². The van der Waals surface area contributed by atoms with Crippen molar-refractivity contribution in [1.29, 1.82) is 0 Å². The Kier molecular flexibility index (Phi) is 3.51. The molecular weight excluding hydrogens is 214 g/mol. The van der Waals surface area contributed by atoms with Gasteiger partial charge in [0.25, 0.3) is 0 Å². The predicted molar refractivity (Wildman–Crippen MR) is 61.1 cm³/mol. The zero-order valence-electron chi connectivity index (χ0n) is 8.10. The summed E-state index contributed by atoms with van der Waals surface area (Å²) in [5.41, 5.74) is 0.448. The largest absolute Gasteiger partial charge is 0.438 e. The van der Waals surface area contributed by atoms with Crippen LogP contribution in [0.25, 0.3) is 0 Å². The molecule has 0 N–H and O–H groups in total. The van der Waals surface area contributed by atoms with Crippen LogP contribution >= 0.6 is 12.2 Å². The van der Waals surface area contributed by atoms with Gasteiger partial charge in [0.1, 0.15) is 0 Å². The summed E-state index contributed by atoms with van der Waals surface area (Å²) in [6, 6.07) is 6.06. The number of benzene rings is 1. The van der Waals surface area contributed by atoms with E-state index in [2.05, 4.69) is 6.58 Å². The highest BCUT2D eigenvalue weighted by Crippen LogP contribution is 2.26. The van der Waals surface area contributed by atoms with Gasteiger partial charge in [-0.3, -0.25) is 10.1 Å². The van der Waals surface area contributed by atoms with E-state index in [4.69, 9.17) is 17.0 Å². The first-order valence-electron chi connectivity index (χ1n) is 4.13. The van der Waals surface area contributed by atoms with Crippen LogP contribution in [0.3, 0.4) is 0 Å². The summed E-state index contributed by atoms with van der Waals surface area (Å²) < 4.78 is 5.16. The van der Waals surface area contributed by atoms with Crippen molar-refractivity contribution in [1.82, 2.24) is 0 Å². The van der Waals surface area contributed by atoms with Gasteiger partial charge in [-0.1, -0.05) is 18.7 Å². The Bertz CT molecular complexity index is 428. The second kappa shape index (κ2) is 4.65. The van der Waals surface area contributed by atoms with Gasteiger partial charge in [-0.05, 0) is 30.8 Å². The lowest BCUT2D eigenvalue weighted by Gasteiger charge is -2.06. The molecule has 15 heavy (non-hydrogen) atoms. The first-order valence-corrected chi connectivity index (χ1v) is 4.54. The third kappa shape index (κ3) is 2.85. The van der Waals surface area contributed by atoms with Gasteiger partial charge >= 0.3 is 5.69 Å². The molecule has 1 aromatic carbocycles. The summed E-state index contributed by atoms with van der Waals surface area (Å²) in [4.78, 5) is 10.1. The minimum atomic E-state index is -0.517. The zero-order chi connectivity index (χ0) is 11.4. The standard InChI is InChI=1S/C10H9NO3S/c1-7(2)10(15)14-9-6-4-3-5-8(9)11(12)13/h3-6H,1H2,2H3. The van der Waals surface area contributed by atoms with E-state index in [1.54, 1.807) is 19.1 Å². The molecule has 0 saturated heterocycles. The highest BCUT2D eigenvalue weighted by Gasteiger charge is 2.15. The molecule has 0 saturated carbocycles. The van der Waals surface area contributed by atoms with E-state index >= 15 is 0 Å². The fourth-order valence-corrected chi connectivity index (χ4v) is 0.971. The number of nitro groups is 1. The first-order chi connectivity index (χ1) is 7.02. The Labute approximate surface area is 92.3 Å². The lowest BCUT2D eigenvalue weighted by atomic mass is 10.3. The topological polar surface area (TPSA) is 52.4 Å². The van der Waals surface area contributed by atoms with Crippen molar-refractivity contribution in [3.8, 4) is 5.75 Å². The van der Waals surface area contributed by atoms with Crippen molar-refractivity contribution >= 4 is 23.0 Å². The normalized spacial score (nSPS) is 9.40. The lowest BCUT2D eigenvalue weighted by molar-refractivity contribution is -0.385. The Morgan fingerprint density at radius 2 is 2.13 bits per heavy atom. The zero-order valence-corrected chi connectivity index (χ0v) is 8.91. The fourth-order valence-electron chi connectivity index (χ4n) is 0.881. The second-order valence-electron chi connectivity index (χ2n) is 2.89. The highest BCUT2D eigenvalue weighted by molar-refractivity contribution is 7.80. The molecule has 0 aliphatic carbocycles. The molecule has 0 amide bonds. The molecule has 0 aromatic heterocycles. The Hall–Kier alpha value is -1.75. The smallest absolute Gasteiger partial charge is 0.311 e. The van der Waals surface area contributed by atoms with Gasteiger partial charge in [-0.2, -0.15) is 0 Å². The van der Waals surface area contributed by atoms with E-state index in [0.29, 0.717) is 5.57 Å². The molecule has 0 atom stereocenters.